The minimum absolute atomic E-state index is 0.0245. The van der Waals surface area contributed by atoms with E-state index in [0.717, 1.165) is 4.88 Å². The number of carbonyl (C=O) groups excluding carboxylic acids is 2. The van der Waals surface area contributed by atoms with Crippen LogP contribution in [0.5, 0.6) is 5.75 Å². The number of thiophene rings is 1. The topological polar surface area (TPSA) is 105 Å². The van der Waals surface area contributed by atoms with Gasteiger partial charge in [-0.3, -0.25) is 9.59 Å². The average Bonchev–Trinajstić information content (AvgIpc) is 3.26. The molecule has 0 bridgehead atoms. The van der Waals surface area contributed by atoms with Crippen LogP contribution in [-0.4, -0.2) is 50.4 Å². The summed E-state index contributed by atoms with van der Waals surface area (Å²) in [5.74, 6) is -0.199. The largest absolute Gasteiger partial charge is 0.497 e. The molecule has 0 aliphatic carbocycles. The van der Waals surface area contributed by atoms with Gasteiger partial charge >= 0.3 is 0 Å². The van der Waals surface area contributed by atoms with Crippen molar-refractivity contribution in [1.29, 1.82) is 0 Å². The van der Waals surface area contributed by atoms with Crippen molar-refractivity contribution >= 4 is 33.2 Å². The molecule has 2 aromatic rings. The molecule has 1 heterocycles. The van der Waals surface area contributed by atoms with Gasteiger partial charge in [-0.25, -0.2) is 13.1 Å². The van der Waals surface area contributed by atoms with Crippen LogP contribution in [0.25, 0.3) is 0 Å². The number of hydrogen-bond acceptors (Lipinski definition) is 6. The molecular weight excluding hydrogens is 462 g/mol. The van der Waals surface area contributed by atoms with Crippen molar-refractivity contribution in [3.05, 3.63) is 46.7 Å². The van der Waals surface area contributed by atoms with Gasteiger partial charge in [-0.05, 0) is 62.9 Å². The van der Waals surface area contributed by atoms with E-state index in [-0.39, 0.29) is 17.3 Å². The van der Waals surface area contributed by atoms with E-state index in [1.165, 1.54) is 47.6 Å². The summed E-state index contributed by atoms with van der Waals surface area (Å²) < 4.78 is 32.8. The number of hydrogen-bond donors (Lipinski definition) is 2. The second-order valence-corrected chi connectivity index (χ2v) is 11.4. The van der Waals surface area contributed by atoms with Crippen LogP contribution in [0.1, 0.15) is 45.4 Å². The number of ether oxygens (including phenoxy) is 1. The summed E-state index contributed by atoms with van der Waals surface area (Å²) in [6, 6.07) is 8.93. The average molecular weight is 496 g/mol. The van der Waals surface area contributed by atoms with E-state index >= 15 is 0 Å². The van der Waals surface area contributed by atoms with Gasteiger partial charge in [0.15, 0.2) is 0 Å². The fourth-order valence-electron chi connectivity index (χ4n) is 3.19. The van der Waals surface area contributed by atoms with Gasteiger partial charge in [0.2, 0.25) is 21.8 Å². The van der Waals surface area contributed by atoms with Crippen molar-refractivity contribution in [2.24, 2.45) is 0 Å². The number of nitrogens with one attached hydrogen (secondary N) is 2. The molecule has 0 saturated carbocycles. The lowest BCUT2D eigenvalue weighted by molar-refractivity contribution is -0.141. The highest BCUT2D eigenvalue weighted by molar-refractivity contribution is 7.89. The minimum Gasteiger partial charge on any atom is -0.497 e. The van der Waals surface area contributed by atoms with Crippen LogP contribution in [0.15, 0.2) is 46.7 Å². The number of methoxy groups -OCH3 is 1. The Balaban J connectivity index is 2.23. The fourth-order valence-corrected chi connectivity index (χ4v) is 4.87. The van der Waals surface area contributed by atoms with Crippen LogP contribution in [0.2, 0.25) is 0 Å². The van der Waals surface area contributed by atoms with Crippen LogP contribution in [0.3, 0.4) is 0 Å². The summed E-state index contributed by atoms with van der Waals surface area (Å²) in [4.78, 5) is 28.7. The van der Waals surface area contributed by atoms with Crippen molar-refractivity contribution in [3.63, 3.8) is 0 Å². The van der Waals surface area contributed by atoms with E-state index in [1.807, 2.05) is 45.2 Å². The van der Waals surface area contributed by atoms with Gasteiger partial charge in [-0.2, -0.15) is 0 Å². The first-order chi connectivity index (χ1) is 15.5. The van der Waals surface area contributed by atoms with Gasteiger partial charge in [0.1, 0.15) is 11.8 Å². The molecule has 0 aliphatic rings. The minimum atomic E-state index is -3.91. The zero-order valence-corrected chi connectivity index (χ0v) is 21.4. The molecule has 33 heavy (non-hydrogen) atoms. The van der Waals surface area contributed by atoms with Crippen molar-refractivity contribution in [2.45, 2.75) is 63.6 Å². The van der Waals surface area contributed by atoms with E-state index in [4.69, 9.17) is 4.74 Å². The van der Waals surface area contributed by atoms with Crippen LogP contribution in [0, 0.1) is 0 Å². The molecule has 0 saturated heterocycles. The van der Waals surface area contributed by atoms with Gasteiger partial charge in [0.05, 0.1) is 25.1 Å². The summed E-state index contributed by atoms with van der Waals surface area (Å²) in [5.41, 5.74) is -0.462. The molecule has 0 radical (unpaired) electrons. The highest BCUT2D eigenvalue weighted by atomic mass is 32.2. The molecule has 2 rings (SSSR count). The number of amides is 2. The summed E-state index contributed by atoms with van der Waals surface area (Å²) >= 11 is 1.48. The van der Waals surface area contributed by atoms with Crippen molar-refractivity contribution in [3.8, 4) is 5.75 Å². The SMILES string of the molecule is CCCC(C(=O)NC(C)(C)C)N(Cc1cccs1)C(=O)CNS(=O)(=O)c1ccc(OC)cc1. The first-order valence-electron chi connectivity index (χ1n) is 10.7. The maximum absolute atomic E-state index is 13.2. The number of sulfonamides is 1. The third kappa shape index (κ3) is 8.13. The van der Waals surface area contributed by atoms with E-state index in [9.17, 15) is 18.0 Å². The predicted molar refractivity (Wildman–Crippen MR) is 130 cm³/mol. The maximum atomic E-state index is 13.2. The van der Waals surface area contributed by atoms with Crippen LogP contribution in [-0.2, 0) is 26.2 Å². The molecule has 8 nitrogen and oxygen atoms in total. The van der Waals surface area contributed by atoms with E-state index < -0.39 is 34.1 Å². The maximum Gasteiger partial charge on any atom is 0.243 e. The summed E-state index contributed by atoms with van der Waals surface area (Å²) in [6.45, 7) is 7.34. The van der Waals surface area contributed by atoms with Gasteiger partial charge < -0.3 is 15.0 Å². The highest BCUT2D eigenvalue weighted by Gasteiger charge is 2.32. The zero-order valence-electron chi connectivity index (χ0n) is 19.8. The molecule has 1 atom stereocenters. The number of rotatable bonds is 11. The zero-order chi connectivity index (χ0) is 24.6. The Morgan fingerprint density at radius 2 is 1.82 bits per heavy atom. The Morgan fingerprint density at radius 1 is 1.15 bits per heavy atom. The Kier molecular flexibility index (Phi) is 9.45. The molecule has 0 aliphatic heterocycles. The number of nitrogens with zero attached hydrogens (tertiary/aromatic N) is 1. The van der Waals surface area contributed by atoms with Crippen molar-refractivity contribution in [1.82, 2.24) is 14.9 Å². The van der Waals surface area contributed by atoms with Gasteiger partial charge in [-0.15, -0.1) is 11.3 Å². The summed E-state index contributed by atoms with van der Waals surface area (Å²) in [7, 11) is -2.42. The Hall–Kier alpha value is -2.43. The third-order valence-electron chi connectivity index (χ3n) is 4.75. The molecule has 10 heteroatoms. The van der Waals surface area contributed by atoms with Crippen LogP contribution < -0.4 is 14.8 Å². The molecule has 182 valence electrons. The van der Waals surface area contributed by atoms with E-state index in [2.05, 4.69) is 10.0 Å². The van der Waals surface area contributed by atoms with Gasteiger partial charge in [0, 0.05) is 10.4 Å². The first kappa shape index (κ1) is 26.8. The monoisotopic (exact) mass is 495 g/mol. The van der Waals surface area contributed by atoms with Crippen molar-refractivity contribution in [2.75, 3.05) is 13.7 Å². The molecular formula is C23H33N3O5S2. The molecule has 1 aromatic heterocycles. The molecule has 2 N–H and O–H groups in total. The normalized spacial score (nSPS) is 12.8. The number of carbonyl (C=O) groups is 2. The molecule has 0 fully saturated rings. The second-order valence-electron chi connectivity index (χ2n) is 8.64. The smallest absolute Gasteiger partial charge is 0.243 e. The lowest BCUT2D eigenvalue weighted by Crippen LogP contribution is -2.55. The van der Waals surface area contributed by atoms with Gasteiger partial charge in [0.25, 0.3) is 0 Å². The Labute approximate surface area is 200 Å². The highest BCUT2D eigenvalue weighted by Crippen LogP contribution is 2.19. The fraction of sp³-hybridized carbons (Fsp3) is 0.478. The van der Waals surface area contributed by atoms with Crippen molar-refractivity contribution < 1.29 is 22.7 Å². The Morgan fingerprint density at radius 3 is 2.33 bits per heavy atom. The predicted octanol–water partition coefficient (Wildman–Crippen LogP) is 3.15. The summed E-state index contributed by atoms with van der Waals surface area (Å²) in [5, 5.41) is 4.85. The van der Waals surface area contributed by atoms with Crippen LogP contribution in [0.4, 0.5) is 0 Å². The quantitative estimate of drug-likeness (QED) is 0.498. The summed E-state index contributed by atoms with van der Waals surface area (Å²) in [6.07, 6.45) is 1.15. The molecule has 2 amide bonds. The second kappa shape index (κ2) is 11.6. The molecule has 1 aromatic carbocycles. The Bertz CT molecular complexity index is 1010. The number of benzene rings is 1. The van der Waals surface area contributed by atoms with E-state index in [0.29, 0.717) is 18.6 Å². The first-order valence-corrected chi connectivity index (χ1v) is 13.1. The van der Waals surface area contributed by atoms with E-state index in [1.54, 1.807) is 0 Å². The third-order valence-corrected chi connectivity index (χ3v) is 7.03. The van der Waals surface area contributed by atoms with Crippen LogP contribution >= 0.6 is 11.3 Å². The standard InChI is InChI=1S/C23H33N3O5S2/c1-6-8-20(22(28)25-23(2,3)4)26(16-18-9-7-14-32-18)21(27)15-24-33(29,30)19-12-10-17(31-5)11-13-19/h7,9-14,20,24H,6,8,15-16H2,1-5H3,(H,25,28). The molecule has 1 unspecified atom stereocenters. The molecule has 0 spiro atoms. The van der Waals surface area contributed by atoms with Gasteiger partial charge in [-0.1, -0.05) is 19.4 Å². The lowest BCUT2D eigenvalue weighted by Gasteiger charge is -2.33. The lowest BCUT2D eigenvalue weighted by atomic mass is 10.0.